The van der Waals surface area contributed by atoms with E-state index in [1.165, 1.54) is 10.6 Å². The zero-order chi connectivity index (χ0) is 19.7. The van der Waals surface area contributed by atoms with E-state index < -0.39 is 5.56 Å². The molecular weight excluding hydrogens is 376 g/mol. The minimum absolute atomic E-state index is 0.0257. The zero-order valence-corrected chi connectivity index (χ0v) is 15.7. The first kappa shape index (κ1) is 17.9. The summed E-state index contributed by atoms with van der Waals surface area (Å²) in [4.78, 5) is 23.7. The Bertz CT molecular complexity index is 1280. The number of aromatic nitrogens is 2. The molecule has 0 bridgehead atoms. The van der Waals surface area contributed by atoms with Crippen LogP contribution in [0.5, 0.6) is 11.6 Å². The predicted octanol–water partition coefficient (Wildman–Crippen LogP) is 2.25. The molecular formula is C20H16N4O3S. The van der Waals surface area contributed by atoms with Crippen LogP contribution >= 0.6 is 12.2 Å². The molecule has 0 saturated carbocycles. The van der Waals surface area contributed by atoms with Crippen LogP contribution in [0.4, 0.5) is 0 Å². The van der Waals surface area contributed by atoms with Crippen molar-refractivity contribution in [2.75, 3.05) is 6.61 Å². The summed E-state index contributed by atoms with van der Waals surface area (Å²) in [6.45, 7) is 2.45. The lowest BCUT2D eigenvalue weighted by atomic mass is 10.2. The van der Waals surface area contributed by atoms with E-state index in [1.54, 1.807) is 24.3 Å². The highest BCUT2D eigenvalue weighted by atomic mass is 32.1. The zero-order valence-electron chi connectivity index (χ0n) is 14.9. The van der Waals surface area contributed by atoms with Gasteiger partial charge in [0, 0.05) is 6.08 Å². The molecule has 0 atom stereocenters. The van der Waals surface area contributed by atoms with Crippen LogP contribution in [0, 0.1) is 4.77 Å². The lowest BCUT2D eigenvalue weighted by Crippen LogP contribution is -2.19. The van der Waals surface area contributed by atoms with E-state index >= 15 is 0 Å². The summed E-state index contributed by atoms with van der Waals surface area (Å²) < 4.78 is 6.89. The van der Waals surface area contributed by atoms with Gasteiger partial charge in [-0.1, -0.05) is 12.1 Å². The molecule has 0 aliphatic carbocycles. The van der Waals surface area contributed by atoms with Crippen molar-refractivity contribution in [3.63, 3.8) is 0 Å². The molecule has 3 aromatic rings. The largest absolute Gasteiger partial charge is 0.494 e. The normalized spacial score (nSPS) is 12.1. The van der Waals surface area contributed by atoms with Crippen LogP contribution in [0.15, 0.2) is 69.1 Å². The number of nitrogens with zero attached hydrogens (tertiary/aromatic N) is 3. The van der Waals surface area contributed by atoms with Crippen molar-refractivity contribution >= 4 is 18.3 Å². The fourth-order valence-electron chi connectivity index (χ4n) is 2.88. The van der Waals surface area contributed by atoms with Crippen LogP contribution in [0.3, 0.4) is 0 Å². The Balaban J connectivity index is 1.83. The van der Waals surface area contributed by atoms with Gasteiger partial charge < -0.3 is 9.84 Å². The van der Waals surface area contributed by atoms with Gasteiger partial charge in [0.2, 0.25) is 5.88 Å². The van der Waals surface area contributed by atoms with Crippen molar-refractivity contribution in [3.8, 4) is 17.3 Å². The first-order chi connectivity index (χ1) is 13.6. The molecule has 140 valence electrons. The van der Waals surface area contributed by atoms with Gasteiger partial charge in [0.25, 0.3) is 5.56 Å². The maximum absolute atomic E-state index is 12.4. The number of fused-ring (bicyclic) bond motifs is 1. The van der Waals surface area contributed by atoms with E-state index in [9.17, 15) is 9.90 Å². The summed E-state index contributed by atoms with van der Waals surface area (Å²) in [6, 6.07) is 14.4. The monoisotopic (exact) mass is 392 g/mol. The maximum Gasteiger partial charge on any atom is 0.262 e. The molecule has 0 spiro atoms. The molecule has 0 saturated heterocycles. The number of aromatic hydroxyl groups is 1. The lowest BCUT2D eigenvalue weighted by molar-refractivity contribution is 0.340. The topological polar surface area (TPSA) is 92.0 Å². The number of hydrogen-bond acceptors (Lipinski definition) is 6. The molecule has 1 aromatic heterocycles. The molecule has 0 fully saturated rings. The molecule has 2 heterocycles. The molecule has 0 amide bonds. The Morgan fingerprint density at radius 1 is 1.14 bits per heavy atom. The SMILES string of the molecule is CCOc1ccc(-n2c(O)c(C=C3N=c4ccccc4=N3)c(=O)[nH]c2=S)cc1. The minimum Gasteiger partial charge on any atom is -0.494 e. The molecule has 1 aliphatic rings. The van der Waals surface area contributed by atoms with Gasteiger partial charge in [-0.3, -0.25) is 14.3 Å². The van der Waals surface area contributed by atoms with E-state index in [4.69, 9.17) is 17.0 Å². The molecule has 2 aromatic carbocycles. The maximum atomic E-state index is 12.4. The van der Waals surface area contributed by atoms with Crippen LogP contribution in [0.2, 0.25) is 0 Å². The highest BCUT2D eigenvalue weighted by Crippen LogP contribution is 2.23. The smallest absolute Gasteiger partial charge is 0.262 e. The average molecular weight is 392 g/mol. The summed E-state index contributed by atoms with van der Waals surface area (Å²) in [5.41, 5.74) is 0.0989. The standard InChI is InChI=1S/C20H16N4O3S/c1-2-27-13-9-7-12(8-10-13)24-19(26)14(18(25)23-20(24)28)11-17-21-15-5-3-4-6-16(15)22-17/h3-11,26H,2H2,1H3,(H,23,25,28). The van der Waals surface area contributed by atoms with Crippen molar-refractivity contribution in [2.24, 2.45) is 9.98 Å². The van der Waals surface area contributed by atoms with E-state index in [1.807, 2.05) is 31.2 Å². The van der Waals surface area contributed by atoms with Gasteiger partial charge in [-0.05, 0) is 55.5 Å². The third-order valence-corrected chi connectivity index (χ3v) is 4.44. The van der Waals surface area contributed by atoms with Crippen molar-refractivity contribution in [1.82, 2.24) is 9.55 Å². The van der Waals surface area contributed by atoms with Crippen molar-refractivity contribution in [3.05, 3.63) is 85.8 Å². The Labute approximate surface area is 164 Å². The van der Waals surface area contributed by atoms with Gasteiger partial charge in [0.1, 0.15) is 11.3 Å². The van der Waals surface area contributed by atoms with Crippen LogP contribution < -0.4 is 21.0 Å². The van der Waals surface area contributed by atoms with E-state index in [2.05, 4.69) is 15.0 Å². The van der Waals surface area contributed by atoms with Crippen LogP contribution in [0.1, 0.15) is 12.5 Å². The Kier molecular flexibility index (Phi) is 4.62. The van der Waals surface area contributed by atoms with Crippen LogP contribution in [0.25, 0.3) is 11.8 Å². The van der Waals surface area contributed by atoms with Gasteiger partial charge in [-0.15, -0.1) is 0 Å². The molecule has 4 rings (SSSR count). The van der Waals surface area contributed by atoms with Gasteiger partial charge in [-0.25, -0.2) is 9.98 Å². The Morgan fingerprint density at radius 2 is 1.79 bits per heavy atom. The number of nitrogens with one attached hydrogen (secondary N) is 1. The number of hydrogen-bond donors (Lipinski definition) is 2. The highest BCUT2D eigenvalue weighted by molar-refractivity contribution is 7.71. The van der Waals surface area contributed by atoms with Gasteiger partial charge in [0.15, 0.2) is 10.6 Å². The summed E-state index contributed by atoms with van der Waals surface area (Å²) in [5.74, 6) is 0.745. The molecule has 0 radical (unpaired) electrons. The summed E-state index contributed by atoms with van der Waals surface area (Å²) in [5, 5.41) is 12.2. The Morgan fingerprint density at radius 3 is 2.39 bits per heavy atom. The average Bonchev–Trinajstić information content (AvgIpc) is 3.09. The quantitative estimate of drug-likeness (QED) is 0.666. The van der Waals surface area contributed by atoms with Gasteiger partial charge >= 0.3 is 0 Å². The van der Waals surface area contributed by atoms with Gasteiger partial charge in [-0.2, -0.15) is 0 Å². The van der Waals surface area contributed by atoms with E-state index in [0.29, 0.717) is 34.6 Å². The molecule has 2 N–H and O–H groups in total. The number of H-pyrrole nitrogens is 1. The molecule has 8 heteroatoms. The number of benzene rings is 2. The second-order valence-corrected chi connectivity index (χ2v) is 6.36. The number of ether oxygens (including phenoxy) is 1. The fraction of sp³-hybridized carbons (Fsp3) is 0.100. The lowest BCUT2D eigenvalue weighted by Gasteiger charge is -2.12. The highest BCUT2D eigenvalue weighted by Gasteiger charge is 2.14. The number of rotatable bonds is 4. The van der Waals surface area contributed by atoms with Crippen molar-refractivity contribution in [1.29, 1.82) is 0 Å². The second kappa shape index (κ2) is 7.24. The summed E-state index contributed by atoms with van der Waals surface area (Å²) in [6.07, 6.45) is 1.44. The van der Waals surface area contributed by atoms with E-state index in [0.717, 1.165) is 0 Å². The summed E-state index contributed by atoms with van der Waals surface area (Å²) >= 11 is 5.24. The molecule has 7 nitrogen and oxygen atoms in total. The van der Waals surface area contributed by atoms with Crippen molar-refractivity contribution < 1.29 is 9.84 Å². The fourth-order valence-corrected chi connectivity index (χ4v) is 3.17. The van der Waals surface area contributed by atoms with Crippen LogP contribution in [-0.2, 0) is 0 Å². The number of aromatic amines is 1. The first-order valence-electron chi connectivity index (χ1n) is 8.62. The predicted molar refractivity (Wildman–Crippen MR) is 107 cm³/mol. The number of para-hydroxylation sites is 2. The van der Waals surface area contributed by atoms with E-state index in [-0.39, 0.29) is 16.2 Å². The first-order valence-corrected chi connectivity index (χ1v) is 9.03. The van der Waals surface area contributed by atoms with Crippen LogP contribution in [-0.4, -0.2) is 21.3 Å². The third-order valence-electron chi connectivity index (χ3n) is 4.15. The van der Waals surface area contributed by atoms with Crippen molar-refractivity contribution in [2.45, 2.75) is 6.92 Å². The van der Waals surface area contributed by atoms with Gasteiger partial charge in [0.05, 0.1) is 23.0 Å². The molecule has 1 aliphatic heterocycles. The Hall–Kier alpha value is -3.52. The third kappa shape index (κ3) is 3.25. The molecule has 0 unspecified atom stereocenters. The second-order valence-electron chi connectivity index (χ2n) is 5.97. The molecule has 28 heavy (non-hydrogen) atoms. The summed E-state index contributed by atoms with van der Waals surface area (Å²) in [7, 11) is 0. The minimum atomic E-state index is -0.515.